The lowest BCUT2D eigenvalue weighted by atomic mass is 10.1. The Balaban J connectivity index is 1.92. The molecule has 0 aliphatic heterocycles. The van der Waals surface area contributed by atoms with Crippen LogP contribution in [0, 0.1) is 0 Å². The Hall–Kier alpha value is -1.81. The number of hydrogen-bond acceptors (Lipinski definition) is 4. The van der Waals surface area contributed by atoms with Crippen LogP contribution in [0.15, 0.2) is 43.1 Å². The molecule has 0 aliphatic rings. The SMILES string of the molecule is NC(CCc1ccncc1)c1cnccn1. The summed E-state index contributed by atoms with van der Waals surface area (Å²) in [6.07, 6.45) is 10.4. The van der Waals surface area contributed by atoms with Crippen molar-refractivity contribution in [2.24, 2.45) is 5.73 Å². The third-order valence-corrected chi connectivity index (χ3v) is 2.46. The van der Waals surface area contributed by atoms with Crippen molar-refractivity contribution in [3.63, 3.8) is 0 Å². The van der Waals surface area contributed by atoms with Crippen molar-refractivity contribution < 1.29 is 0 Å². The van der Waals surface area contributed by atoms with Crippen LogP contribution in [0.25, 0.3) is 0 Å². The molecule has 0 fully saturated rings. The highest BCUT2D eigenvalue weighted by molar-refractivity contribution is 5.11. The third-order valence-electron chi connectivity index (χ3n) is 2.46. The Labute approximate surface area is 94.6 Å². The summed E-state index contributed by atoms with van der Waals surface area (Å²) in [7, 11) is 0. The first-order valence-corrected chi connectivity index (χ1v) is 5.26. The Morgan fingerprint density at radius 1 is 1.06 bits per heavy atom. The molecular formula is C12H14N4. The van der Waals surface area contributed by atoms with Crippen LogP contribution >= 0.6 is 0 Å². The second-order valence-corrected chi connectivity index (χ2v) is 3.63. The topological polar surface area (TPSA) is 64.7 Å². The van der Waals surface area contributed by atoms with Crippen LogP contribution in [0.5, 0.6) is 0 Å². The fraction of sp³-hybridized carbons (Fsp3) is 0.250. The number of aryl methyl sites for hydroxylation is 1. The van der Waals surface area contributed by atoms with Crippen LogP contribution in [-0.2, 0) is 6.42 Å². The molecule has 2 rings (SSSR count). The molecule has 1 atom stereocenters. The summed E-state index contributed by atoms with van der Waals surface area (Å²) in [6, 6.07) is 3.95. The number of hydrogen-bond donors (Lipinski definition) is 1. The van der Waals surface area contributed by atoms with Gasteiger partial charge in [0.25, 0.3) is 0 Å². The minimum Gasteiger partial charge on any atom is -0.323 e. The Morgan fingerprint density at radius 3 is 2.56 bits per heavy atom. The van der Waals surface area contributed by atoms with E-state index < -0.39 is 0 Å². The maximum Gasteiger partial charge on any atom is 0.0753 e. The van der Waals surface area contributed by atoms with Crippen LogP contribution in [-0.4, -0.2) is 15.0 Å². The van der Waals surface area contributed by atoms with E-state index in [-0.39, 0.29) is 6.04 Å². The molecule has 4 nitrogen and oxygen atoms in total. The van der Waals surface area contributed by atoms with E-state index in [9.17, 15) is 0 Å². The fourth-order valence-electron chi connectivity index (χ4n) is 1.52. The fourth-order valence-corrected chi connectivity index (χ4v) is 1.52. The molecule has 4 heteroatoms. The van der Waals surface area contributed by atoms with Crippen molar-refractivity contribution in [3.8, 4) is 0 Å². The summed E-state index contributed by atoms with van der Waals surface area (Å²) in [5.74, 6) is 0. The highest BCUT2D eigenvalue weighted by atomic mass is 14.8. The normalized spacial score (nSPS) is 12.3. The largest absolute Gasteiger partial charge is 0.323 e. The molecule has 1 unspecified atom stereocenters. The number of pyridine rings is 1. The summed E-state index contributed by atoms with van der Waals surface area (Å²) in [5.41, 5.74) is 8.11. The molecule has 2 N–H and O–H groups in total. The van der Waals surface area contributed by atoms with Crippen molar-refractivity contribution in [2.45, 2.75) is 18.9 Å². The summed E-state index contributed by atoms with van der Waals surface area (Å²) in [5, 5.41) is 0. The molecule has 0 aliphatic carbocycles. The van der Waals surface area contributed by atoms with Gasteiger partial charge in [0.2, 0.25) is 0 Å². The number of aromatic nitrogens is 3. The highest BCUT2D eigenvalue weighted by Gasteiger charge is 2.07. The number of nitrogens with two attached hydrogens (primary N) is 1. The molecule has 0 aromatic carbocycles. The van der Waals surface area contributed by atoms with Crippen molar-refractivity contribution in [2.75, 3.05) is 0 Å². The molecule has 0 amide bonds. The predicted molar refractivity (Wildman–Crippen MR) is 61.5 cm³/mol. The Bertz CT molecular complexity index is 416. The van der Waals surface area contributed by atoms with E-state index in [2.05, 4.69) is 15.0 Å². The molecule has 82 valence electrons. The van der Waals surface area contributed by atoms with Crippen molar-refractivity contribution >= 4 is 0 Å². The third kappa shape index (κ3) is 2.84. The lowest BCUT2D eigenvalue weighted by Crippen LogP contribution is -2.13. The summed E-state index contributed by atoms with van der Waals surface area (Å²) < 4.78 is 0. The monoisotopic (exact) mass is 214 g/mol. The standard InChI is InChI=1S/C12H14N4/c13-11(12-9-15-7-8-16-12)2-1-10-3-5-14-6-4-10/h3-9,11H,1-2,13H2. The minimum absolute atomic E-state index is 0.0538. The van der Waals surface area contributed by atoms with Gasteiger partial charge in [-0.25, -0.2) is 0 Å². The van der Waals surface area contributed by atoms with Gasteiger partial charge in [-0.15, -0.1) is 0 Å². The van der Waals surface area contributed by atoms with Gasteiger partial charge in [0.05, 0.1) is 5.69 Å². The zero-order valence-electron chi connectivity index (χ0n) is 8.95. The van der Waals surface area contributed by atoms with Gasteiger partial charge in [-0.3, -0.25) is 15.0 Å². The number of nitrogens with zero attached hydrogens (tertiary/aromatic N) is 3. The lowest BCUT2D eigenvalue weighted by molar-refractivity contribution is 0.629. The van der Waals surface area contributed by atoms with Gasteiger partial charge < -0.3 is 5.73 Å². The average molecular weight is 214 g/mol. The van der Waals surface area contributed by atoms with Gasteiger partial charge in [0.15, 0.2) is 0 Å². The van der Waals surface area contributed by atoms with E-state index >= 15 is 0 Å². The quantitative estimate of drug-likeness (QED) is 0.837. The van der Waals surface area contributed by atoms with Crippen LogP contribution in [0.2, 0.25) is 0 Å². The predicted octanol–water partition coefficient (Wildman–Crippen LogP) is 1.50. The molecule has 0 saturated heterocycles. The van der Waals surface area contributed by atoms with Crippen molar-refractivity contribution in [1.29, 1.82) is 0 Å². The van der Waals surface area contributed by atoms with Gasteiger partial charge >= 0.3 is 0 Å². The summed E-state index contributed by atoms with van der Waals surface area (Å²) in [4.78, 5) is 12.2. The van der Waals surface area contributed by atoms with Crippen molar-refractivity contribution in [3.05, 3.63) is 54.4 Å². The molecule has 2 heterocycles. The van der Waals surface area contributed by atoms with E-state index in [4.69, 9.17) is 5.73 Å². The van der Waals surface area contributed by atoms with Gasteiger partial charge in [-0.05, 0) is 30.5 Å². The molecule has 0 radical (unpaired) electrons. The van der Waals surface area contributed by atoms with Crippen LogP contribution in [0.1, 0.15) is 23.7 Å². The maximum absolute atomic E-state index is 6.02. The minimum atomic E-state index is -0.0538. The number of rotatable bonds is 4. The molecule has 2 aromatic rings. The van der Waals surface area contributed by atoms with E-state index in [0.29, 0.717) is 0 Å². The van der Waals surface area contributed by atoms with Gasteiger partial charge in [0, 0.05) is 37.0 Å². The molecule has 0 saturated carbocycles. The van der Waals surface area contributed by atoms with Gasteiger partial charge in [-0.1, -0.05) is 0 Å². The zero-order chi connectivity index (χ0) is 11.2. The van der Waals surface area contributed by atoms with Crippen LogP contribution in [0.3, 0.4) is 0 Å². The van der Waals surface area contributed by atoms with E-state index in [1.165, 1.54) is 5.56 Å². The molecule has 0 spiro atoms. The summed E-state index contributed by atoms with van der Waals surface area (Å²) in [6.45, 7) is 0. The molecule has 16 heavy (non-hydrogen) atoms. The van der Waals surface area contributed by atoms with Gasteiger partial charge in [0.1, 0.15) is 0 Å². The molecule has 0 bridgehead atoms. The first kappa shape index (κ1) is 10.7. The van der Waals surface area contributed by atoms with Crippen molar-refractivity contribution in [1.82, 2.24) is 15.0 Å². The average Bonchev–Trinajstić information content (AvgIpc) is 2.38. The molecular weight excluding hydrogens is 200 g/mol. The zero-order valence-corrected chi connectivity index (χ0v) is 8.95. The highest BCUT2D eigenvalue weighted by Crippen LogP contribution is 2.13. The molecule has 2 aromatic heterocycles. The van der Waals surface area contributed by atoms with Crippen LogP contribution in [0.4, 0.5) is 0 Å². The Kier molecular flexibility index (Phi) is 3.56. The maximum atomic E-state index is 6.02. The smallest absolute Gasteiger partial charge is 0.0753 e. The Morgan fingerprint density at radius 2 is 1.88 bits per heavy atom. The lowest BCUT2D eigenvalue weighted by Gasteiger charge is -2.09. The summed E-state index contributed by atoms with van der Waals surface area (Å²) >= 11 is 0. The van der Waals surface area contributed by atoms with Gasteiger partial charge in [-0.2, -0.15) is 0 Å². The second kappa shape index (κ2) is 5.32. The van der Waals surface area contributed by atoms with Crippen LogP contribution < -0.4 is 5.73 Å². The van der Waals surface area contributed by atoms with E-state index in [0.717, 1.165) is 18.5 Å². The second-order valence-electron chi connectivity index (χ2n) is 3.63. The first-order chi connectivity index (χ1) is 7.86. The first-order valence-electron chi connectivity index (χ1n) is 5.26. The van der Waals surface area contributed by atoms with E-state index in [1.807, 2.05) is 12.1 Å². The van der Waals surface area contributed by atoms with E-state index in [1.54, 1.807) is 31.0 Å².